The van der Waals surface area contributed by atoms with Crippen molar-refractivity contribution < 1.29 is 13.6 Å². The Kier molecular flexibility index (Phi) is 4.00. The van der Waals surface area contributed by atoms with E-state index >= 15 is 0 Å². The average Bonchev–Trinajstić information content (AvgIpc) is 3.20. The van der Waals surface area contributed by atoms with Gasteiger partial charge < -0.3 is 5.32 Å². The summed E-state index contributed by atoms with van der Waals surface area (Å²) in [6, 6.07) is 14.7. The number of amides is 1. The van der Waals surface area contributed by atoms with E-state index in [9.17, 15) is 13.6 Å². The third-order valence-corrected chi connectivity index (χ3v) is 5.08. The molecule has 0 aliphatic heterocycles. The topological polar surface area (TPSA) is 46.9 Å². The summed E-state index contributed by atoms with van der Waals surface area (Å²) >= 11 is 1.22. The van der Waals surface area contributed by atoms with Gasteiger partial charge in [0.15, 0.2) is 0 Å². The van der Waals surface area contributed by atoms with Crippen molar-refractivity contribution in [1.29, 1.82) is 0 Å². The van der Waals surface area contributed by atoms with Crippen molar-refractivity contribution in [3.63, 3.8) is 0 Å². The molecule has 1 N–H and O–H groups in total. The predicted molar refractivity (Wildman–Crippen MR) is 98.0 cm³/mol. The second-order valence-corrected chi connectivity index (χ2v) is 6.74. The third-order valence-electron chi connectivity index (χ3n) is 3.97. The highest BCUT2D eigenvalue weighted by atomic mass is 32.1. The van der Waals surface area contributed by atoms with Gasteiger partial charge in [0, 0.05) is 5.39 Å². The van der Waals surface area contributed by atoms with Crippen molar-refractivity contribution in [3.8, 4) is 5.69 Å². The van der Waals surface area contributed by atoms with Crippen molar-refractivity contribution in [3.05, 3.63) is 76.8 Å². The molecule has 0 spiro atoms. The van der Waals surface area contributed by atoms with Gasteiger partial charge >= 0.3 is 0 Å². The fourth-order valence-electron chi connectivity index (χ4n) is 2.70. The average molecular weight is 369 g/mol. The minimum Gasteiger partial charge on any atom is -0.316 e. The number of carbonyl (C=O) groups is 1. The van der Waals surface area contributed by atoms with E-state index in [4.69, 9.17) is 0 Å². The molecule has 0 radical (unpaired) electrons. The van der Waals surface area contributed by atoms with Gasteiger partial charge in [-0.3, -0.25) is 4.79 Å². The summed E-state index contributed by atoms with van der Waals surface area (Å²) in [4.78, 5) is 13.6. The van der Waals surface area contributed by atoms with Crippen molar-refractivity contribution in [2.24, 2.45) is 0 Å². The highest BCUT2D eigenvalue weighted by molar-refractivity contribution is 7.20. The number of rotatable bonds is 3. The number of carbonyl (C=O) groups excluding carboxylic acids is 1. The smallest absolute Gasteiger partial charge is 0.265 e. The maximum absolute atomic E-state index is 13.8. The normalized spacial score (nSPS) is 11.0. The molecule has 0 fully saturated rings. The Morgan fingerprint density at radius 3 is 2.46 bits per heavy atom. The van der Waals surface area contributed by atoms with Gasteiger partial charge in [-0.2, -0.15) is 5.10 Å². The largest absolute Gasteiger partial charge is 0.316 e. The van der Waals surface area contributed by atoms with Crippen LogP contribution in [0, 0.1) is 18.6 Å². The second-order valence-electron chi connectivity index (χ2n) is 5.71. The number of halogens is 2. The van der Waals surface area contributed by atoms with E-state index in [1.807, 2.05) is 37.3 Å². The zero-order valence-electron chi connectivity index (χ0n) is 13.7. The molecule has 0 aliphatic rings. The molecule has 4 nitrogen and oxygen atoms in total. The molecule has 0 saturated carbocycles. The van der Waals surface area contributed by atoms with Gasteiger partial charge in [-0.1, -0.05) is 24.3 Å². The van der Waals surface area contributed by atoms with Gasteiger partial charge in [0.1, 0.15) is 22.2 Å². The summed E-state index contributed by atoms with van der Waals surface area (Å²) in [5.41, 5.74) is 1.20. The lowest BCUT2D eigenvalue weighted by molar-refractivity contribution is 0.102. The Labute approximate surface area is 151 Å². The Hall–Kier alpha value is -3.06. The summed E-state index contributed by atoms with van der Waals surface area (Å²) in [6.45, 7) is 1.85. The van der Waals surface area contributed by atoms with E-state index in [2.05, 4.69) is 10.4 Å². The van der Waals surface area contributed by atoms with Gasteiger partial charge in [-0.15, -0.1) is 11.3 Å². The zero-order valence-corrected chi connectivity index (χ0v) is 14.5. The second kappa shape index (κ2) is 6.34. The number of anilines is 1. The van der Waals surface area contributed by atoms with Gasteiger partial charge in [0.2, 0.25) is 0 Å². The molecular formula is C19H13F2N3OS. The first kappa shape index (κ1) is 16.4. The fraction of sp³-hybridized carbons (Fsp3) is 0.0526. The number of fused-ring (bicyclic) bond motifs is 1. The molecule has 2 heterocycles. The molecule has 0 aliphatic carbocycles. The molecular weight excluding hydrogens is 356 g/mol. The lowest BCUT2D eigenvalue weighted by Crippen LogP contribution is -2.12. The van der Waals surface area contributed by atoms with Crippen LogP contribution in [-0.4, -0.2) is 15.7 Å². The van der Waals surface area contributed by atoms with E-state index in [0.717, 1.165) is 33.7 Å². The molecule has 26 heavy (non-hydrogen) atoms. The van der Waals surface area contributed by atoms with E-state index < -0.39 is 23.2 Å². The number of aromatic nitrogens is 2. The molecule has 4 rings (SSSR count). The first-order valence-corrected chi connectivity index (χ1v) is 8.66. The van der Waals surface area contributed by atoms with Gasteiger partial charge in [0.25, 0.3) is 5.91 Å². The number of aryl methyl sites for hydroxylation is 1. The SMILES string of the molecule is Cc1nn(-c2ccccc2)c2sc(C(=O)Nc3c(F)cccc3F)cc12. The van der Waals surface area contributed by atoms with Crippen LogP contribution in [0.4, 0.5) is 14.5 Å². The van der Waals surface area contributed by atoms with Crippen LogP contribution in [0.15, 0.2) is 54.6 Å². The van der Waals surface area contributed by atoms with Gasteiger partial charge in [-0.25, -0.2) is 13.5 Å². The molecule has 130 valence electrons. The summed E-state index contributed by atoms with van der Waals surface area (Å²) in [5, 5.41) is 7.66. The van der Waals surface area contributed by atoms with Crippen LogP contribution in [0.25, 0.3) is 15.9 Å². The molecule has 0 saturated heterocycles. The van der Waals surface area contributed by atoms with Crippen LogP contribution in [0.2, 0.25) is 0 Å². The summed E-state index contributed by atoms with van der Waals surface area (Å²) in [5.74, 6) is -2.19. The van der Waals surface area contributed by atoms with Crippen LogP contribution in [-0.2, 0) is 0 Å². The quantitative estimate of drug-likeness (QED) is 0.557. The van der Waals surface area contributed by atoms with E-state index in [1.54, 1.807) is 10.7 Å². The zero-order chi connectivity index (χ0) is 18.3. The number of nitrogens with one attached hydrogen (secondary N) is 1. The molecule has 0 bridgehead atoms. The molecule has 7 heteroatoms. The number of nitrogens with zero attached hydrogens (tertiary/aromatic N) is 2. The molecule has 0 atom stereocenters. The maximum atomic E-state index is 13.8. The first-order valence-electron chi connectivity index (χ1n) is 7.84. The lowest BCUT2D eigenvalue weighted by atomic mass is 10.2. The summed E-state index contributed by atoms with van der Waals surface area (Å²) in [6.07, 6.45) is 0. The summed E-state index contributed by atoms with van der Waals surface area (Å²) in [7, 11) is 0. The lowest BCUT2D eigenvalue weighted by Gasteiger charge is -2.06. The predicted octanol–water partition coefficient (Wildman–Crippen LogP) is 4.93. The van der Waals surface area contributed by atoms with Crippen molar-refractivity contribution in [2.75, 3.05) is 5.32 Å². The number of hydrogen-bond acceptors (Lipinski definition) is 3. The Morgan fingerprint density at radius 1 is 1.08 bits per heavy atom. The molecule has 2 aromatic carbocycles. The van der Waals surface area contributed by atoms with Crippen molar-refractivity contribution >= 4 is 33.1 Å². The van der Waals surface area contributed by atoms with Crippen LogP contribution < -0.4 is 5.32 Å². The summed E-state index contributed by atoms with van der Waals surface area (Å²) < 4.78 is 29.3. The maximum Gasteiger partial charge on any atom is 0.265 e. The van der Waals surface area contributed by atoms with Crippen molar-refractivity contribution in [2.45, 2.75) is 6.92 Å². The van der Waals surface area contributed by atoms with E-state index in [-0.39, 0.29) is 0 Å². The number of para-hydroxylation sites is 2. The Balaban J connectivity index is 1.73. The van der Waals surface area contributed by atoms with Crippen molar-refractivity contribution in [1.82, 2.24) is 9.78 Å². The standard InChI is InChI=1S/C19H13F2N3OS/c1-11-13-10-16(18(25)22-17-14(20)8-5-9-15(17)21)26-19(13)24(23-11)12-6-3-2-4-7-12/h2-10H,1H3,(H,22,25). The first-order chi connectivity index (χ1) is 12.5. The van der Waals surface area contributed by atoms with Gasteiger partial charge in [-0.05, 0) is 37.3 Å². The Bertz CT molecular complexity index is 1100. The van der Waals surface area contributed by atoms with Crippen LogP contribution in [0.1, 0.15) is 15.4 Å². The molecule has 0 unspecified atom stereocenters. The van der Waals surface area contributed by atoms with E-state index in [0.29, 0.717) is 4.88 Å². The molecule has 4 aromatic rings. The Morgan fingerprint density at radius 2 is 1.77 bits per heavy atom. The van der Waals surface area contributed by atoms with E-state index in [1.165, 1.54) is 17.4 Å². The van der Waals surface area contributed by atoms with Crippen LogP contribution >= 0.6 is 11.3 Å². The highest BCUT2D eigenvalue weighted by Crippen LogP contribution is 2.31. The minimum absolute atomic E-state index is 0.354. The molecule has 1 amide bonds. The third kappa shape index (κ3) is 2.76. The van der Waals surface area contributed by atoms with Crippen LogP contribution in [0.5, 0.6) is 0 Å². The van der Waals surface area contributed by atoms with Gasteiger partial charge in [0.05, 0.1) is 16.3 Å². The highest BCUT2D eigenvalue weighted by Gasteiger charge is 2.19. The number of hydrogen-bond donors (Lipinski definition) is 1. The fourth-order valence-corrected chi connectivity index (χ4v) is 3.77. The molecule has 2 aromatic heterocycles. The number of benzene rings is 2. The minimum atomic E-state index is -0.814. The monoisotopic (exact) mass is 369 g/mol. The van der Waals surface area contributed by atoms with Crippen LogP contribution in [0.3, 0.4) is 0 Å². The number of thiophene rings is 1.